The average molecular weight is 896 g/mol. The van der Waals surface area contributed by atoms with Crippen molar-refractivity contribution in [1.29, 1.82) is 0 Å². The fraction of sp³-hybridized carbons (Fsp3) is 0.308. The van der Waals surface area contributed by atoms with Crippen LogP contribution in [-0.4, -0.2) is 15.0 Å². The molecule has 0 unspecified atom stereocenters. The van der Waals surface area contributed by atoms with Crippen LogP contribution in [-0.2, 0) is 10.8 Å². The molecule has 0 radical (unpaired) electrons. The number of nitrogens with zero attached hydrogens (tertiary/aromatic N) is 3. The van der Waals surface area contributed by atoms with Gasteiger partial charge < -0.3 is 4.42 Å². The van der Waals surface area contributed by atoms with Gasteiger partial charge in [-0.25, -0.2) is 15.0 Å². The second-order valence-electron chi connectivity index (χ2n) is 22.9. The Hall–Kier alpha value is -6.65. The van der Waals surface area contributed by atoms with Crippen molar-refractivity contribution in [2.45, 2.75) is 87.9 Å². The van der Waals surface area contributed by atoms with Crippen LogP contribution in [0.25, 0.3) is 89.5 Å². The van der Waals surface area contributed by atoms with Gasteiger partial charge in [0.1, 0.15) is 11.2 Å². The molecular formula is C65H57N3O. The third-order valence-corrected chi connectivity index (χ3v) is 18.5. The molecule has 4 nitrogen and oxygen atoms in total. The SMILES string of the molecule is c1ccc(-c2ccc(-c3nc(-c4ccc(C56CC7CC(CC(C7)C5)C6)cc4)nc(-c4cc(-c5ccc(C67CC8CC(CC(C8)C6)C7)cc5)cc5c4oc4ccc(-c6ccccc6)cc45)n3)cc2)cc1. The van der Waals surface area contributed by atoms with Gasteiger partial charge in [-0.3, -0.25) is 0 Å². The molecule has 0 amide bonds. The van der Waals surface area contributed by atoms with Gasteiger partial charge in [0.25, 0.3) is 0 Å². The first-order valence-electron chi connectivity index (χ1n) is 26.1. The topological polar surface area (TPSA) is 51.8 Å². The molecule has 338 valence electrons. The highest BCUT2D eigenvalue weighted by Crippen LogP contribution is 2.62. The van der Waals surface area contributed by atoms with Crippen LogP contribution in [0.3, 0.4) is 0 Å². The first kappa shape index (κ1) is 40.3. The molecule has 8 bridgehead atoms. The summed E-state index contributed by atoms with van der Waals surface area (Å²) in [6.07, 6.45) is 16.8. The van der Waals surface area contributed by atoms with Gasteiger partial charge in [-0.2, -0.15) is 0 Å². The minimum Gasteiger partial charge on any atom is -0.455 e. The lowest BCUT2D eigenvalue weighted by Gasteiger charge is -2.57. The minimum atomic E-state index is 0.324. The minimum absolute atomic E-state index is 0.324. The van der Waals surface area contributed by atoms with Gasteiger partial charge in [-0.05, 0) is 192 Å². The summed E-state index contributed by atoms with van der Waals surface area (Å²) in [5.74, 6) is 7.37. The second kappa shape index (κ2) is 15.4. The van der Waals surface area contributed by atoms with E-state index in [0.29, 0.717) is 28.3 Å². The van der Waals surface area contributed by atoms with Crippen molar-refractivity contribution in [2.75, 3.05) is 0 Å². The first-order valence-corrected chi connectivity index (χ1v) is 26.1. The van der Waals surface area contributed by atoms with Gasteiger partial charge >= 0.3 is 0 Å². The molecule has 8 aliphatic rings. The summed E-state index contributed by atoms with van der Waals surface area (Å²) in [5.41, 5.74) is 15.3. The largest absolute Gasteiger partial charge is 0.455 e. The highest BCUT2D eigenvalue weighted by molar-refractivity contribution is 6.12. The maximum atomic E-state index is 6.96. The summed E-state index contributed by atoms with van der Waals surface area (Å²) in [5, 5.41) is 2.15. The number of hydrogen-bond donors (Lipinski definition) is 0. The molecule has 0 saturated heterocycles. The number of hydrogen-bond acceptors (Lipinski definition) is 4. The number of fused-ring (bicyclic) bond motifs is 3. The normalized spacial score (nSPS) is 27.4. The van der Waals surface area contributed by atoms with Crippen molar-refractivity contribution in [3.05, 3.63) is 175 Å². The molecule has 8 saturated carbocycles. The number of benzene rings is 7. The maximum absolute atomic E-state index is 6.96. The van der Waals surface area contributed by atoms with E-state index < -0.39 is 0 Å². The van der Waals surface area contributed by atoms with E-state index in [1.807, 2.05) is 0 Å². The monoisotopic (exact) mass is 895 g/mol. The quantitative estimate of drug-likeness (QED) is 0.152. The van der Waals surface area contributed by atoms with Crippen LogP contribution in [0.15, 0.2) is 168 Å². The summed E-state index contributed by atoms with van der Waals surface area (Å²) in [4.78, 5) is 16.2. The van der Waals surface area contributed by atoms with Gasteiger partial charge in [0.2, 0.25) is 0 Å². The number of rotatable bonds is 8. The lowest BCUT2D eigenvalue weighted by Crippen LogP contribution is -2.48. The lowest BCUT2D eigenvalue weighted by atomic mass is 9.48. The Balaban J connectivity index is 0.887. The lowest BCUT2D eigenvalue weighted by molar-refractivity contribution is -0.00530. The zero-order chi connectivity index (χ0) is 45.3. The molecule has 7 aromatic carbocycles. The summed E-state index contributed by atoms with van der Waals surface area (Å²) < 4.78 is 6.96. The Morgan fingerprint density at radius 1 is 0.333 bits per heavy atom. The zero-order valence-electron chi connectivity index (χ0n) is 39.3. The van der Waals surface area contributed by atoms with E-state index >= 15 is 0 Å². The Morgan fingerprint density at radius 2 is 0.710 bits per heavy atom. The zero-order valence-corrected chi connectivity index (χ0v) is 39.3. The van der Waals surface area contributed by atoms with Crippen LogP contribution >= 0.6 is 0 Å². The van der Waals surface area contributed by atoms with Crippen LogP contribution in [0, 0.1) is 35.5 Å². The van der Waals surface area contributed by atoms with Crippen molar-refractivity contribution in [3.63, 3.8) is 0 Å². The van der Waals surface area contributed by atoms with Crippen molar-refractivity contribution in [2.24, 2.45) is 35.5 Å². The summed E-state index contributed by atoms with van der Waals surface area (Å²) in [6, 6.07) is 60.3. The summed E-state index contributed by atoms with van der Waals surface area (Å²) in [6.45, 7) is 0. The third-order valence-electron chi connectivity index (χ3n) is 18.5. The van der Waals surface area contributed by atoms with Crippen LogP contribution in [0.4, 0.5) is 0 Å². The Morgan fingerprint density at radius 3 is 1.22 bits per heavy atom. The fourth-order valence-electron chi connectivity index (χ4n) is 16.1. The van der Waals surface area contributed by atoms with Crippen LogP contribution in [0.2, 0.25) is 0 Å². The Bertz CT molecular complexity index is 3350. The van der Waals surface area contributed by atoms with Crippen LogP contribution in [0.5, 0.6) is 0 Å². The summed E-state index contributed by atoms with van der Waals surface area (Å²) in [7, 11) is 0. The molecule has 2 heterocycles. The van der Waals surface area contributed by atoms with E-state index in [1.54, 1.807) is 5.56 Å². The predicted molar refractivity (Wildman–Crippen MR) is 279 cm³/mol. The molecule has 17 rings (SSSR count). The van der Waals surface area contributed by atoms with Gasteiger partial charge in [-0.15, -0.1) is 0 Å². The predicted octanol–water partition coefficient (Wildman–Crippen LogP) is 16.7. The molecule has 0 aliphatic heterocycles. The Kier molecular flexibility index (Phi) is 9.00. The van der Waals surface area contributed by atoms with E-state index in [4.69, 9.17) is 19.4 Å². The van der Waals surface area contributed by atoms with Gasteiger partial charge in [0.15, 0.2) is 17.5 Å². The number of furan rings is 1. The molecule has 0 N–H and O–H groups in total. The molecule has 8 aliphatic carbocycles. The molecule has 69 heavy (non-hydrogen) atoms. The van der Waals surface area contributed by atoms with Gasteiger partial charge in [0.05, 0.1) is 5.56 Å². The van der Waals surface area contributed by atoms with Gasteiger partial charge in [0, 0.05) is 21.9 Å². The average Bonchev–Trinajstić information content (AvgIpc) is 3.76. The molecule has 0 spiro atoms. The van der Waals surface area contributed by atoms with E-state index in [2.05, 4.69) is 164 Å². The smallest absolute Gasteiger partial charge is 0.167 e. The van der Waals surface area contributed by atoms with Crippen LogP contribution < -0.4 is 0 Å². The highest BCUT2D eigenvalue weighted by Gasteiger charge is 2.52. The van der Waals surface area contributed by atoms with E-state index in [1.165, 1.54) is 105 Å². The van der Waals surface area contributed by atoms with Crippen molar-refractivity contribution < 1.29 is 4.42 Å². The second-order valence-corrected chi connectivity index (χ2v) is 22.9. The highest BCUT2D eigenvalue weighted by atomic mass is 16.3. The first-order chi connectivity index (χ1) is 33.9. The van der Waals surface area contributed by atoms with Gasteiger partial charge in [-0.1, -0.05) is 140 Å². The van der Waals surface area contributed by atoms with E-state index in [0.717, 1.165) is 85.3 Å². The van der Waals surface area contributed by atoms with Crippen molar-refractivity contribution in [3.8, 4) is 67.5 Å². The number of aromatic nitrogens is 3. The van der Waals surface area contributed by atoms with E-state index in [9.17, 15) is 0 Å². The third kappa shape index (κ3) is 6.79. The molecule has 0 atom stereocenters. The Labute approximate surface area is 405 Å². The van der Waals surface area contributed by atoms with Crippen molar-refractivity contribution >= 4 is 21.9 Å². The molecular weight excluding hydrogens is 839 g/mol. The molecule has 9 aromatic rings. The molecule has 2 aromatic heterocycles. The van der Waals surface area contributed by atoms with E-state index in [-0.39, 0.29) is 0 Å². The van der Waals surface area contributed by atoms with Crippen molar-refractivity contribution in [1.82, 2.24) is 15.0 Å². The van der Waals surface area contributed by atoms with Crippen LogP contribution in [0.1, 0.15) is 88.2 Å². The fourth-order valence-corrected chi connectivity index (χ4v) is 16.1. The standard InChI is InChI=1S/C65H57N3O/c1-3-7-46(8-4-1)48-11-13-50(14-12-48)61-66-62(51-17-22-55(23-18-51)65-37-43-28-44(38-65)30-45(29-43)39-65)68-63(67-61)58-33-53(32-57-56-31-52(47-9-5-2-6-10-47)19-24-59(56)69-60(57)58)49-15-20-54(21-16-49)64-34-40-25-41(35-64)27-42(26-40)36-64/h1-24,31-33,40-45H,25-30,34-39H2. The summed E-state index contributed by atoms with van der Waals surface area (Å²) >= 11 is 0. The molecule has 4 heteroatoms. The maximum Gasteiger partial charge on any atom is 0.167 e. The molecule has 8 fully saturated rings.